The van der Waals surface area contributed by atoms with Crippen molar-refractivity contribution < 1.29 is 8.42 Å². The van der Waals surface area contributed by atoms with Gasteiger partial charge in [0.25, 0.3) is 0 Å². The first-order valence-corrected chi connectivity index (χ1v) is 8.98. The van der Waals surface area contributed by atoms with Gasteiger partial charge in [-0.15, -0.1) is 0 Å². The average molecular weight is 361 g/mol. The first kappa shape index (κ1) is 16.6. The van der Waals surface area contributed by atoms with Crippen LogP contribution in [0.5, 0.6) is 0 Å². The monoisotopic (exact) mass is 361 g/mol. The highest BCUT2D eigenvalue weighted by atomic mass is 127. The molecule has 0 rings (SSSR count). The van der Waals surface area contributed by atoms with Gasteiger partial charge in [-0.3, -0.25) is 0 Å². The van der Waals surface area contributed by atoms with E-state index in [1.807, 2.05) is 0 Å². The smallest absolute Gasteiger partial charge is 0.156 e. The summed E-state index contributed by atoms with van der Waals surface area (Å²) in [6, 6.07) is 0. The number of alkyl halides is 1. The van der Waals surface area contributed by atoms with Gasteiger partial charge in [-0.05, 0) is 44.6 Å². The fourth-order valence-corrected chi connectivity index (χ4v) is 2.72. The van der Waals surface area contributed by atoms with Crippen molar-refractivity contribution in [3.05, 3.63) is 0 Å². The molecule has 0 saturated heterocycles. The maximum absolute atomic E-state index is 11.7. The van der Waals surface area contributed by atoms with Crippen LogP contribution in [0.1, 0.15) is 40.0 Å². The minimum atomic E-state index is -2.96. The Labute approximate surface area is 114 Å². The van der Waals surface area contributed by atoms with E-state index in [4.69, 9.17) is 0 Å². The second-order valence-electron chi connectivity index (χ2n) is 4.93. The third kappa shape index (κ3) is 7.06. The summed E-state index contributed by atoms with van der Waals surface area (Å²) in [6.07, 6.45) is 3.61. The highest BCUT2D eigenvalue weighted by Crippen LogP contribution is 2.15. The molecule has 0 aromatic rings. The van der Waals surface area contributed by atoms with Gasteiger partial charge in [0.15, 0.2) is 9.84 Å². The van der Waals surface area contributed by atoms with Crippen LogP contribution in [0, 0.1) is 0 Å². The fourth-order valence-electron chi connectivity index (χ4n) is 1.16. The molecule has 5 heteroatoms. The van der Waals surface area contributed by atoms with Gasteiger partial charge in [-0.1, -0.05) is 29.0 Å². The van der Waals surface area contributed by atoms with Gasteiger partial charge in [0.1, 0.15) is 0 Å². The van der Waals surface area contributed by atoms with E-state index in [9.17, 15) is 8.42 Å². The second-order valence-corrected chi connectivity index (χ2v) is 8.87. The second kappa shape index (κ2) is 7.87. The Morgan fingerprint density at radius 3 is 2.19 bits per heavy atom. The summed E-state index contributed by atoms with van der Waals surface area (Å²) in [5.41, 5.74) is 0. The molecule has 0 aliphatic carbocycles. The molecule has 0 fully saturated rings. The van der Waals surface area contributed by atoms with Crippen molar-refractivity contribution in [2.75, 3.05) is 23.3 Å². The van der Waals surface area contributed by atoms with Gasteiger partial charge in [0, 0.05) is 6.54 Å². The lowest BCUT2D eigenvalue weighted by atomic mass is 10.2. The van der Waals surface area contributed by atoms with Crippen LogP contribution in [-0.2, 0) is 9.84 Å². The topological polar surface area (TPSA) is 46.2 Å². The minimum Gasteiger partial charge on any atom is -0.316 e. The molecular weight excluding hydrogens is 337 g/mol. The molecule has 0 aromatic heterocycles. The zero-order valence-corrected chi connectivity index (χ0v) is 13.5. The molecule has 0 heterocycles. The minimum absolute atomic E-state index is 0.239. The molecule has 16 heavy (non-hydrogen) atoms. The van der Waals surface area contributed by atoms with E-state index in [1.165, 1.54) is 17.3 Å². The summed E-state index contributed by atoms with van der Waals surface area (Å²) < 4.78 is 24.1. The van der Waals surface area contributed by atoms with Crippen molar-refractivity contribution in [2.45, 2.75) is 44.8 Å². The van der Waals surface area contributed by atoms with E-state index in [0.29, 0.717) is 6.54 Å². The first-order chi connectivity index (χ1) is 7.31. The van der Waals surface area contributed by atoms with Crippen molar-refractivity contribution in [1.82, 2.24) is 5.32 Å². The quantitative estimate of drug-likeness (QED) is 0.410. The number of halogens is 1. The number of hydrogen-bond acceptors (Lipinski definition) is 3. The molecule has 3 nitrogen and oxygen atoms in total. The molecule has 0 radical (unpaired) electrons. The molecule has 1 N–H and O–H groups in total. The van der Waals surface area contributed by atoms with Crippen LogP contribution < -0.4 is 5.32 Å². The van der Waals surface area contributed by atoms with Crippen LogP contribution >= 0.6 is 22.6 Å². The summed E-state index contributed by atoms with van der Waals surface area (Å²) in [6.45, 7) is 6.76. The Kier molecular flexibility index (Phi) is 8.18. The number of rotatable bonds is 8. The Balaban J connectivity index is 3.60. The molecule has 0 aromatic carbocycles. The summed E-state index contributed by atoms with van der Waals surface area (Å²) in [7, 11) is -2.96. The van der Waals surface area contributed by atoms with Crippen molar-refractivity contribution in [1.29, 1.82) is 0 Å². The van der Waals surface area contributed by atoms with Crippen molar-refractivity contribution in [2.24, 2.45) is 0 Å². The predicted octanol–water partition coefficient (Wildman–Crippen LogP) is 2.39. The van der Waals surface area contributed by atoms with Crippen LogP contribution in [0.2, 0.25) is 0 Å². The molecule has 0 amide bonds. The molecule has 0 atom stereocenters. The van der Waals surface area contributed by atoms with Gasteiger partial charge < -0.3 is 5.32 Å². The van der Waals surface area contributed by atoms with E-state index < -0.39 is 14.6 Å². The molecule has 0 unspecified atom stereocenters. The molecule has 0 aliphatic rings. The Morgan fingerprint density at radius 2 is 1.69 bits per heavy atom. The van der Waals surface area contributed by atoms with Crippen LogP contribution in [0.25, 0.3) is 0 Å². The molecule has 98 valence electrons. The molecule has 0 aliphatic heterocycles. The SMILES string of the molecule is CC(C)(C)S(=O)(=O)CCNCCCCCI. The average Bonchev–Trinajstić information content (AvgIpc) is 2.14. The van der Waals surface area contributed by atoms with Gasteiger partial charge in [0.2, 0.25) is 0 Å². The number of unbranched alkanes of at least 4 members (excludes halogenated alkanes) is 2. The van der Waals surface area contributed by atoms with Crippen LogP contribution in [0.4, 0.5) is 0 Å². The summed E-state index contributed by atoms with van der Waals surface area (Å²) >= 11 is 2.38. The molecular formula is C11H24INO2S. The van der Waals surface area contributed by atoms with Gasteiger partial charge in [-0.2, -0.15) is 0 Å². The van der Waals surface area contributed by atoms with Crippen molar-refractivity contribution in [3.8, 4) is 0 Å². The van der Waals surface area contributed by atoms with Crippen LogP contribution in [0.15, 0.2) is 0 Å². The van der Waals surface area contributed by atoms with Gasteiger partial charge in [0.05, 0.1) is 10.5 Å². The van der Waals surface area contributed by atoms with Gasteiger partial charge in [-0.25, -0.2) is 8.42 Å². The normalized spacial score (nSPS) is 13.0. The third-order valence-electron chi connectivity index (χ3n) is 2.47. The fraction of sp³-hybridized carbons (Fsp3) is 1.00. The first-order valence-electron chi connectivity index (χ1n) is 5.80. The van der Waals surface area contributed by atoms with E-state index >= 15 is 0 Å². The zero-order valence-electron chi connectivity index (χ0n) is 10.6. The maximum atomic E-state index is 11.7. The Bertz CT molecular complexity index is 270. The summed E-state index contributed by atoms with van der Waals surface area (Å²) in [4.78, 5) is 0. The highest BCUT2D eigenvalue weighted by Gasteiger charge is 2.27. The standard InChI is InChI=1S/C11H24INO2S/c1-11(2,3)16(14,15)10-9-13-8-6-4-5-7-12/h13H,4-10H2,1-3H3. The molecule has 0 bridgehead atoms. The summed E-state index contributed by atoms with van der Waals surface area (Å²) in [5, 5.41) is 3.19. The number of sulfone groups is 1. The largest absolute Gasteiger partial charge is 0.316 e. The highest BCUT2D eigenvalue weighted by molar-refractivity contribution is 14.1. The Hall–Kier alpha value is 0.640. The predicted molar refractivity (Wildman–Crippen MR) is 79.1 cm³/mol. The lowest BCUT2D eigenvalue weighted by Gasteiger charge is -2.19. The van der Waals surface area contributed by atoms with E-state index in [2.05, 4.69) is 27.9 Å². The molecule has 0 spiro atoms. The zero-order chi connectivity index (χ0) is 12.7. The lowest BCUT2D eigenvalue weighted by molar-refractivity contribution is 0.554. The van der Waals surface area contributed by atoms with Crippen molar-refractivity contribution >= 4 is 32.4 Å². The lowest BCUT2D eigenvalue weighted by Crippen LogP contribution is -2.34. The van der Waals surface area contributed by atoms with E-state index in [-0.39, 0.29) is 5.75 Å². The number of nitrogens with one attached hydrogen (secondary N) is 1. The Morgan fingerprint density at radius 1 is 1.06 bits per heavy atom. The summed E-state index contributed by atoms with van der Waals surface area (Å²) in [5.74, 6) is 0.239. The maximum Gasteiger partial charge on any atom is 0.156 e. The molecule has 0 saturated carbocycles. The van der Waals surface area contributed by atoms with Crippen LogP contribution in [0.3, 0.4) is 0 Å². The third-order valence-corrected chi connectivity index (χ3v) is 5.84. The van der Waals surface area contributed by atoms with Crippen LogP contribution in [-0.4, -0.2) is 36.4 Å². The van der Waals surface area contributed by atoms with Crippen molar-refractivity contribution in [3.63, 3.8) is 0 Å². The van der Waals surface area contributed by atoms with E-state index in [1.54, 1.807) is 20.8 Å². The van der Waals surface area contributed by atoms with Gasteiger partial charge >= 0.3 is 0 Å². The van der Waals surface area contributed by atoms with E-state index in [0.717, 1.165) is 13.0 Å². The number of hydrogen-bond donors (Lipinski definition) is 1.